The van der Waals surface area contributed by atoms with Crippen LogP contribution < -0.4 is 5.32 Å². The summed E-state index contributed by atoms with van der Waals surface area (Å²) in [6.45, 7) is 2.36. The van der Waals surface area contributed by atoms with E-state index in [2.05, 4.69) is 5.32 Å². The number of hydrogen-bond acceptors (Lipinski definition) is 3. The van der Waals surface area contributed by atoms with Crippen molar-refractivity contribution >= 4 is 17.9 Å². The molecule has 0 aromatic rings. The molecule has 7 heteroatoms. The molecule has 0 radical (unpaired) electrons. The second kappa shape index (κ2) is 4.83. The fraction of sp³-hybridized carbons (Fsp3) is 0.727. The average Bonchev–Trinajstić information content (AvgIpc) is 2.74. The van der Waals surface area contributed by atoms with Gasteiger partial charge >= 0.3 is 12.0 Å². The molecule has 3 amide bonds. The van der Waals surface area contributed by atoms with Crippen LogP contribution >= 0.6 is 0 Å². The first-order chi connectivity index (χ1) is 8.50. The van der Waals surface area contributed by atoms with E-state index < -0.39 is 12.0 Å². The molecule has 2 atom stereocenters. The number of aliphatic carboxylic acids is 1. The maximum absolute atomic E-state index is 12.3. The van der Waals surface area contributed by atoms with Gasteiger partial charge in [-0.15, -0.1) is 0 Å². The SMILES string of the molecule is CC1CCCN1C(=O)N1CC(=O)NCC1C(=O)O. The Bertz CT molecular complexity index is 384. The topological polar surface area (TPSA) is 90.0 Å². The van der Waals surface area contributed by atoms with E-state index in [9.17, 15) is 14.4 Å². The Kier molecular flexibility index (Phi) is 3.40. The van der Waals surface area contributed by atoms with Crippen molar-refractivity contribution in [1.82, 2.24) is 15.1 Å². The molecule has 2 unspecified atom stereocenters. The van der Waals surface area contributed by atoms with Crippen molar-refractivity contribution < 1.29 is 19.5 Å². The fourth-order valence-corrected chi connectivity index (χ4v) is 2.45. The van der Waals surface area contributed by atoms with Gasteiger partial charge in [-0.05, 0) is 19.8 Å². The number of carboxylic acid groups (broad SMARTS) is 1. The second-order valence-corrected chi connectivity index (χ2v) is 4.75. The first-order valence-corrected chi connectivity index (χ1v) is 6.07. The summed E-state index contributed by atoms with van der Waals surface area (Å²) >= 11 is 0. The minimum absolute atomic E-state index is 0.0257. The Balaban J connectivity index is 2.14. The normalized spacial score (nSPS) is 28.2. The Morgan fingerprint density at radius 3 is 2.67 bits per heavy atom. The van der Waals surface area contributed by atoms with E-state index in [1.165, 1.54) is 0 Å². The highest BCUT2D eigenvalue weighted by molar-refractivity contribution is 5.90. The van der Waals surface area contributed by atoms with E-state index in [0.717, 1.165) is 17.7 Å². The van der Waals surface area contributed by atoms with E-state index in [1.54, 1.807) is 4.90 Å². The minimum atomic E-state index is -1.09. The lowest BCUT2D eigenvalue weighted by atomic mass is 10.2. The number of carboxylic acids is 1. The molecule has 2 N–H and O–H groups in total. The molecule has 100 valence electrons. The lowest BCUT2D eigenvalue weighted by Crippen LogP contribution is -2.62. The molecule has 7 nitrogen and oxygen atoms in total. The summed E-state index contributed by atoms with van der Waals surface area (Å²) in [6, 6.07) is -1.21. The number of nitrogens with one attached hydrogen (secondary N) is 1. The number of rotatable bonds is 1. The van der Waals surface area contributed by atoms with Crippen LogP contribution in [-0.2, 0) is 9.59 Å². The number of carbonyl (C=O) groups excluding carboxylic acids is 2. The zero-order chi connectivity index (χ0) is 13.3. The smallest absolute Gasteiger partial charge is 0.328 e. The number of piperazine rings is 1. The summed E-state index contributed by atoms with van der Waals surface area (Å²) in [5.41, 5.74) is 0. The third kappa shape index (κ3) is 2.25. The molecule has 0 aromatic heterocycles. The van der Waals surface area contributed by atoms with Crippen LogP contribution in [0.3, 0.4) is 0 Å². The Hall–Kier alpha value is -1.79. The summed E-state index contributed by atoms with van der Waals surface area (Å²) in [5.74, 6) is -1.40. The van der Waals surface area contributed by atoms with E-state index in [0.29, 0.717) is 6.54 Å². The number of amides is 3. The fourth-order valence-electron chi connectivity index (χ4n) is 2.45. The van der Waals surface area contributed by atoms with Crippen LogP contribution in [0, 0.1) is 0 Å². The summed E-state index contributed by atoms with van der Waals surface area (Å²) in [4.78, 5) is 37.5. The van der Waals surface area contributed by atoms with Crippen LogP contribution in [0.15, 0.2) is 0 Å². The molecule has 2 aliphatic heterocycles. The van der Waals surface area contributed by atoms with E-state index in [4.69, 9.17) is 5.11 Å². The molecule has 2 fully saturated rings. The molecule has 0 spiro atoms. The first-order valence-electron chi connectivity index (χ1n) is 6.07. The molecule has 2 saturated heterocycles. The molecule has 2 rings (SSSR count). The standard InChI is InChI=1S/C11H17N3O4/c1-7-3-2-4-13(7)11(18)14-6-9(15)12-5-8(14)10(16)17/h7-8H,2-6H2,1H3,(H,12,15)(H,16,17). The molecular weight excluding hydrogens is 238 g/mol. The molecule has 2 aliphatic rings. The maximum Gasteiger partial charge on any atom is 0.328 e. The number of nitrogens with zero attached hydrogens (tertiary/aromatic N) is 2. The van der Waals surface area contributed by atoms with Gasteiger partial charge in [0.1, 0.15) is 12.6 Å². The predicted molar refractivity (Wildman–Crippen MR) is 61.9 cm³/mol. The zero-order valence-corrected chi connectivity index (χ0v) is 10.3. The van der Waals surface area contributed by atoms with Crippen LogP contribution in [0.5, 0.6) is 0 Å². The van der Waals surface area contributed by atoms with Gasteiger partial charge in [0.15, 0.2) is 0 Å². The highest BCUT2D eigenvalue weighted by Crippen LogP contribution is 2.20. The van der Waals surface area contributed by atoms with Crippen molar-refractivity contribution in [2.75, 3.05) is 19.6 Å². The number of carbonyl (C=O) groups is 3. The van der Waals surface area contributed by atoms with Crippen molar-refractivity contribution in [3.8, 4) is 0 Å². The monoisotopic (exact) mass is 255 g/mol. The molecule has 0 aliphatic carbocycles. The van der Waals surface area contributed by atoms with Gasteiger partial charge in [0, 0.05) is 19.1 Å². The van der Waals surface area contributed by atoms with E-state index in [-0.39, 0.29) is 31.1 Å². The molecular formula is C11H17N3O4. The predicted octanol–water partition coefficient (Wildman–Crippen LogP) is -0.524. The van der Waals surface area contributed by atoms with E-state index >= 15 is 0 Å². The van der Waals surface area contributed by atoms with Gasteiger partial charge in [-0.25, -0.2) is 9.59 Å². The molecule has 2 heterocycles. The largest absolute Gasteiger partial charge is 0.480 e. The quantitative estimate of drug-likeness (QED) is 0.659. The highest BCUT2D eigenvalue weighted by Gasteiger charge is 2.39. The molecule has 18 heavy (non-hydrogen) atoms. The van der Waals surface area contributed by atoms with Crippen LogP contribution in [0.25, 0.3) is 0 Å². The van der Waals surface area contributed by atoms with Crippen LogP contribution in [0.4, 0.5) is 4.79 Å². The first kappa shape index (κ1) is 12.7. The Labute approximate surface area is 105 Å². The van der Waals surface area contributed by atoms with Crippen molar-refractivity contribution in [3.05, 3.63) is 0 Å². The maximum atomic E-state index is 12.3. The van der Waals surface area contributed by atoms with Gasteiger partial charge in [-0.2, -0.15) is 0 Å². The van der Waals surface area contributed by atoms with Gasteiger partial charge in [0.2, 0.25) is 5.91 Å². The second-order valence-electron chi connectivity index (χ2n) is 4.75. The summed E-state index contributed by atoms with van der Waals surface area (Å²) < 4.78 is 0. The molecule has 0 bridgehead atoms. The Morgan fingerprint density at radius 1 is 1.39 bits per heavy atom. The van der Waals surface area contributed by atoms with Gasteiger partial charge < -0.3 is 15.3 Å². The molecule has 0 saturated carbocycles. The summed E-state index contributed by atoms with van der Waals surface area (Å²) in [6.07, 6.45) is 1.84. The average molecular weight is 255 g/mol. The van der Waals surface area contributed by atoms with Crippen LogP contribution in [-0.4, -0.2) is 64.5 Å². The van der Waals surface area contributed by atoms with E-state index in [1.807, 2.05) is 6.92 Å². The van der Waals surface area contributed by atoms with Crippen molar-refractivity contribution in [2.45, 2.75) is 31.8 Å². The highest BCUT2D eigenvalue weighted by atomic mass is 16.4. The lowest BCUT2D eigenvalue weighted by molar-refractivity contribution is -0.144. The van der Waals surface area contributed by atoms with Crippen molar-refractivity contribution in [3.63, 3.8) is 0 Å². The van der Waals surface area contributed by atoms with Crippen molar-refractivity contribution in [1.29, 1.82) is 0 Å². The van der Waals surface area contributed by atoms with Gasteiger partial charge in [-0.1, -0.05) is 0 Å². The third-order valence-corrected chi connectivity index (χ3v) is 3.51. The van der Waals surface area contributed by atoms with Gasteiger partial charge in [0.25, 0.3) is 0 Å². The summed E-state index contributed by atoms with van der Waals surface area (Å²) in [5, 5.41) is 11.6. The van der Waals surface area contributed by atoms with Gasteiger partial charge in [-0.3, -0.25) is 9.69 Å². The molecule has 0 aromatic carbocycles. The minimum Gasteiger partial charge on any atom is -0.480 e. The van der Waals surface area contributed by atoms with Crippen molar-refractivity contribution in [2.24, 2.45) is 0 Å². The Morgan fingerprint density at radius 2 is 2.11 bits per heavy atom. The van der Waals surface area contributed by atoms with Crippen LogP contribution in [0.1, 0.15) is 19.8 Å². The third-order valence-electron chi connectivity index (χ3n) is 3.51. The van der Waals surface area contributed by atoms with Crippen LogP contribution in [0.2, 0.25) is 0 Å². The summed E-state index contributed by atoms with van der Waals surface area (Å²) in [7, 11) is 0. The number of hydrogen-bond donors (Lipinski definition) is 2. The number of urea groups is 1. The zero-order valence-electron chi connectivity index (χ0n) is 10.3. The number of likely N-dealkylation sites (tertiary alicyclic amines) is 1. The lowest BCUT2D eigenvalue weighted by Gasteiger charge is -2.36. The van der Waals surface area contributed by atoms with Gasteiger partial charge in [0.05, 0.1) is 0 Å².